The summed E-state index contributed by atoms with van der Waals surface area (Å²) in [5, 5.41) is 6.46. The van der Waals surface area contributed by atoms with Crippen LogP contribution in [0.2, 0.25) is 0 Å². The summed E-state index contributed by atoms with van der Waals surface area (Å²) < 4.78 is 34.9. The van der Waals surface area contributed by atoms with E-state index in [-0.39, 0.29) is 5.75 Å². The van der Waals surface area contributed by atoms with E-state index in [0.29, 0.717) is 29.7 Å². The normalized spacial score (nSPS) is 18.7. The lowest BCUT2D eigenvalue weighted by Gasteiger charge is -2.30. The first kappa shape index (κ1) is 20.2. The predicted molar refractivity (Wildman–Crippen MR) is 98.0 cm³/mol. The number of alkyl halides is 2. The lowest BCUT2D eigenvalue weighted by Crippen LogP contribution is -2.43. The molecule has 26 heavy (non-hydrogen) atoms. The number of halogens is 2. The molecular formula is C18H28F2N4O2. The van der Waals surface area contributed by atoms with Gasteiger partial charge in [0.05, 0.1) is 7.11 Å². The Kier molecular flexibility index (Phi) is 7.90. The second-order valence-electron chi connectivity index (χ2n) is 6.43. The van der Waals surface area contributed by atoms with E-state index in [1.807, 2.05) is 0 Å². The Balaban J connectivity index is 1.92. The third-order valence-electron chi connectivity index (χ3n) is 4.43. The summed E-state index contributed by atoms with van der Waals surface area (Å²) in [5.41, 5.74) is 0.574. The molecule has 1 fully saturated rings. The SMILES string of the molecule is CN=C(NCc1cc(OC)ccc1OC(F)F)NCC1CCCN(C)C1. The number of hydrogen-bond donors (Lipinski definition) is 2. The van der Waals surface area contributed by atoms with Gasteiger partial charge in [0.2, 0.25) is 0 Å². The molecule has 1 atom stereocenters. The maximum absolute atomic E-state index is 12.6. The second-order valence-corrected chi connectivity index (χ2v) is 6.43. The lowest BCUT2D eigenvalue weighted by atomic mass is 9.99. The molecule has 0 aliphatic carbocycles. The zero-order chi connectivity index (χ0) is 18.9. The third-order valence-corrected chi connectivity index (χ3v) is 4.43. The van der Waals surface area contributed by atoms with Crippen LogP contribution in [-0.4, -0.2) is 58.3 Å². The number of ether oxygens (including phenoxy) is 2. The van der Waals surface area contributed by atoms with Gasteiger partial charge in [-0.3, -0.25) is 4.99 Å². The highest BCUT2D eigenvalue weighted by Crippen LogP contribution is 2.25. The van der Waals surface area contributed by atoms with Crippen molar-refractivity contribution in [2.24, 2.45) is 10.9 Å². The van der Waals surface area contributed by atoms with Crippen LogP contribution in [0.15, 0.2) is 23.2 Å². The average molecular weight is 370 g/mol. The maximum Gasteiger partial charge on any atom is 0.387 e. The van der Waals surface area contributed by atoms with Crippen LogP contribution in [-0.2, 0) is 6.54 Å². The average Bonchev–Trinajstić information content (AvgIpc) is 2.62. The topological polar surface area (TPSA) is 58.1 Å². The van der Waals surface area contributed by atoms with Gasteiger partial charge in [0.15, 0.2) is 5.96 Å². The van der Waals surface area contributed by atoms with Gasteiger partial charge in [-0.25, -0.2) is 0 Å². The zero-order valence-electron chi connectivity index (χ0n) is 15.6. The number of aliphatic imine (C=N–C) groups is 1. The number of guanidine groups is 1. The largest absolute Gasteiger partial charge is 0.497 e. The molecule has 1 unspecified atom stereocenters. The number of methoxy groups -OCH3 is 1. The molecule has 1 aliphatic rings. The van der Waals surface area contributed by atoms with E-state index in [4.69, 9.17) is 4.74 Å². The van der Waals surface area contributed by atoms with Crippen molar-refractivity contribution in [1.29, 1.82) is 0 Å². The molecule has 1 aromatic rings. The number of piperidine rings is 1. The Bertz CT molecular complexity index is 599. The number of benzene rings is 1. The minimum Gasteiger partial charge on any atom is -0.497 e. The van der Waals surface area contributed by atoms with Crippen molar-refractivity contribution < 1.29 is 18.3 Å². The molecule has 2 rings (SSSR count). The maximum atomic E-state index is 12.6. The Morgan fingerprint density at radius 3 is 2.85 bits per heavy atom. The quantitative estimate of drug-likeness (QED) is 0.570. The van der Waals surface area contributed by atoms with Crippen LogP contribution in [0.3, 0.4) is 0 Å². The highest BCUT2D eigenvalue weighted by molar-refractivity contribution is 5.79. The van der Waals surface area contributed by atoms with E-state index >= 15 is 0 Å². The molecule has 0 radical (unpaired) electrons. The van der Waals surface area contributed by atoms with Gasteiger partial charge in [-0.2, -0.15) is 8.78 Å². The van der Waals surface area contributed by atoms with Crippen molar-refractivity contribution in [3.63, 3.8) is 0 Å². The minimum atomic E-state index is -2.87. The minimum absolute atomic E-state index is 0.123. The highest BCUT2D eigenvalue weighted by Gasteiger charge is 2.17. The van der Waals surface area contributed by atoms with Gasteiger partial charge in [-0.1, -0.05) is 0 Å². The third kappa shape index (κ3) is 6.33. The van der Waals surface area contributed by atoms with E-state index in [1.165, 1.54) is 26.0 Å². The number of nitrogens with zero attached hydrogens (tertiary/aromatic N) is 2. The van der Waals surface area contributed by atoms with E-state index in [9.17, 15) is 8.78 Å². The standard InChI is InChI=1S/C18H28F2N4O2/c1-21-18(22-10-13-5-4-8-24(2)12-13)23-11-14-9-15(25-3)6-7-16(14)26-17(19)20/h6-7,9,13,17H,4-5,8,10-12H2,1-3H3,(H2,21,22,23). The van der Waals surface area contributed by atoms with Crippen molar-refractivity contribution in [2.75, 3.05) is 40.8 Å². The first-order valence-electron chi connectivity index (χ1n) is 8.76. The highest BCUT2D eigenvalue weighted by atomic mass is 19.3. The Labute approximate surface area is 153 Å². The molecule has 2 N–H and O–H groups in total. The fourth-order valence-corrected chi connectivity index (χ4v) is 3.11. The molecule has 1 aliphatic heterocycles. The summed E-state index contributed by atoms with van der Waals surface area (Å²) in [6.45, 7) is 0.452. The first-order valence-corrected chi connectivity index (χ1v) is 8.76. The summed E-state index contributed by atoms with van der Waals surface area (Å²) in [6, 6.07) is 4.75. The van der Waals surface area contributed by atoms with Crippen molar-refractivity contribution >= 4 is 5.96 Å². The monoisotopic (exact) mass is 370 g/mol. The van der Waals surface area contributed by atoms with Gasteiger partial charge in [0.25, 0.3) is 0 Å². The molecule has 0 bridgehead atoms. The molecule has 0 amide bonds. The van der Waals surface area contributed by atoms with Crippen LogP contribution in [0, 0.1) is 5.92 Å². The molecule has 1 heterocycles. The Hall–Kier alpha value is -2.09. The molecular weight excluding hydrogens is 342 g/mol. The summed E-state index contributed by atoms with van der Waals surface area (Å²) >= 11 is 0. The number of nitrogens with one attached hydrogen (secondary N) is 2. The smallest absolute Gasteiger partial charge is 0.387 e. The van der Waals surface area contributed by atoms with Gasteiger partial charge in [-0.05, 0) is 50.6 Å². The van der Waals surface area contributed by atoms with Crippen LogP contribution in [0.4, 0.5) is 8.78 Å². The van der Waals surface area contributed by atoms with Crippen molar-refractivity contribution in [3.8, 4) is 11.5 Å². The first-order chi connectivity index (χ1) is 12.5. The Morgan fingerprint density at radius 2 is 2.19 bits per heavy atom. The van der Waals surface area contributed by atoms with Gasteiger partial charge < -0.3 is 25.0 Å². The predicted octanol–water partition coefficient (Wildman–Crippen LogP) is 2.30. The van der Waals surface area contributed by atoms with Gasteiger partial charge in [0.1, 0.15) is 11.5 Å². The van der Waals surface area contributed by atoms with E-state index < -0.39 is 6.61 Å². The van der Waals surface area contributed by atoms with Crippen LogP contribution < -0.4 is 20.1 Å². The molecule has 0 saturated carbocycles. The fraction of sp³-hybridized carbons (Fsp3) is 0.611. The summed E-state index contributed by atoms with van der Waals surface area (Å²) in [5.74, 6) is 1.90. The van der Waals surface area contributed by atoms with Gasteiger partial charge in [-0.15, -0.1) is 0 Å². The molecule has 1 saturated heterocycles. The summed E-state index contributed by atoms with van der Waals surface area (Å²) in [4.78, 5) is 6.53. The van der Waals surface area contributed by atoms with Crippen molar-refractivity contribution in [1.82, 2.24) is 15.5 Å². The molecule has 1 aromatic carbocycles. The molecule has 6 nitrogen and oxygen atoms in total. The van der Waals surface area contributed by atoms with Gasteiger partial charge >= 0.3 is 6.61 Å². The number of hydrogen-bond acceptors (Lipinski definition) is 4. The zero-order valence-corrected chi connectivity index (χ0v) is 15.6. The van der Waals surface area contributed by atoms with Crippen molar-refractivity contribution in [2.45, 2.75) is 26.0 Å². The summed E-state index contributed by atoms with van der Waals surface area (Å²) in [7, 11) is 5.35. The number of likely N-dealkylation sites (tertiary alicyclic amines) is 1. The second kappa shape index (κ2) is 10.2. The van der Waals surface area contributed by atoms with Crippen LogP contribution in [0.1, 0.15) is 18.4 Å². The van der Waals surface area contributed by atoms with E-state index in [2.05, 4.69) is 32.3 Å². The lowest BCUT2D eigenvalue weighted by molar-refractivity contribution is -0.0504. The van der Waals surface area contributed by atoms with Gasteiger partial charge in [0, 0.05) is 32.2 Å². The summed E-state index contributed by atoms with van der Waals surface area (Å²) in [6.07, 6.45) is 2.39. The van der Waals surface area contributed by atoms with Crippen LogP contribution in [0.25, 0.3) is 0 Å². The molecule has 146 valence electrons. The van der Waals surface area contributed by atoms with E-state index in [1.54, 1.807) is 19.2 Å². The number of rotatable bonds is 7. The Morgan fingerprint density at radius 1 is 1.38 bits per heavy atom. The fourth-order valence-electron chi connectivity index (χ4n) is 3.11. The molecule has 0 spiro atoms. The van der Waals surface area contributed by atoms with Crippen LogP contribution in [0.5, 0.6) is 11.5 Å². The molecule has 8 heteroatoms. The van der Waals surface area contributed by atoms with E-state index in [0.717, 1.165) is 19.6 Å². The van der Waals surface area contributed by atoms with Crippen molar-refractivity contribution in [3.05, 3.63) is 23.8 Å². The molecule has 0 aromatic heterocycles. The van der Waals surface area contributed by atoms with Crippen LogP contribution >= 0.6 is 0 Å².